The molecule has 2 aromatic rings. The second kappa shape index (κ2) is 10.3. The first-order chi connectivity index (χ1) is 13.1. The second-order valence-electron chi connectivity index (χ2n) is 6.21. The Morgan fingerprint density at radius 3 is 2.11 bits per heavy atom. The van der Waals surface area contributed by atoms with Crippen LogP contribution in [0.3, 0.4) is 0 Å². The Kier molecular flexibility index (Phi) is 7.79. The van der Waals surface area contributed by atoms with Crippen molar-refractivity contribution in [1.29, 1.82) is 0 Å². The van der Waals surface area contributed by atoms with E-state index in [0.717, 1.165) is 29.4 Å². The molecule has 6 nitrogen and oxygen atoms in total. The summed E-state index contributed by atoms with van der Waals surface area (Å²) < 4.78 is 16.3. The molecule has 0 heterocycles. The molecule has 0 fully saturated rings. The average Bonchev–Trinajstić information content (AvgIpc) is 2.70. The van der Waals surface area contributed by atoms with Gasteiger partial charge in [-0.2, -0.15) is 0 Å². The summed E-state index contributed by atoms with van der Waals surface area (Å²) in [4.78, 5) is 6.66. The van der Waals surface area contributed by atoms with Gasteiger partial charge in [0.2, 0.25) is 0 Å². The van der Waals surface area contributed by atoms with E-state index < -0.39 is 0 Å². The van der Waals surface area contributed by atoms with Crippen LogP contribution >= 0.6 is 0 Å². The van der Waals surface area contributed by atoms with Crippen LogP contribution in [-0.2, 0) is 13.0 Å². The zero-order valence-electron chi connectivity index (χ0n) is 16.8. The number of nitrogens with zero attached hydrogens (tertiary/aromatic N) is 2. The van der Waals surface area contributed by atoms with Gasteiger partial charge in [0, 0.05) is 38.3 Å². The molecule has 0 saturated carbocycles. The second-order valence-corrected chi connectivity index (χ2v) is 6.21. The third-order valence-electron chi connectivity index (χ3n) is 4.15. The van der Waals surface area contributed by atoms with Gasteiger partial charge in [0.05, 0.1) is 27.9 Å². The molecule has 0 spiro atoms. The average molecular weight is 371 g/mol. The van der Waals surface area contributed by atoms with Crippen molar-refractivity contribution in [3.05, 3.63) is 53.6 Å². The fraction of sp³-hybridized carbons (Fsp3) is 0.381. The van der Waals surface area contributed by atoms with Crippen LogP contribution in [0.25, 0.3) is 0 Å². The van der Waals surface area contributed by atoms with E-state index in [0.29, 0.717) is 18.8 Å². The number of benzene rings is 2. The van der Waals surface area contributed by atoms with Gasteiger partial charge in [0.25, 0.3) is 0 Å². The standard InChI is InChI=1S/C21H29N3O3/c1-24(2)21(23-15-16-9-7-6-8-10-16)22-12-11-18-19(26-4)13-17(25-3)14-20(18)27-5/h6-10,13-14H,11-12,15H2,1-5H3,(H,22,23). The Balaban J connectivity index is 2.06. The lowest BCUT2D eigenvalue weighted by molar-refractivity contribution is 0.368. The molecular weight excluding hydrogens is 342 g/mol. The number of ether oxygens (including phenoxy) is 3. The molecule has 0 bridgehead atoms. The lowest BCUT2D eigenvalue weighted by Crippen LogP contribution is -2.37. The first-order valence-electron chi connectivity index (χ1n) is 8.87. The van der Waals surface area contributed by atoms with Crippen molar-refractivity contribution in [2.45, 2.75) is 13.0 Å². The third-order valence-corrected chi connectivity index (χ3v) is 4.15. The number of guanidine groups is 1. The van der Waals surface area contributed by atoms with Gasteiger partial charge < -0.3 is 24.4 Å². The topological polar surface area (TPSA) is 55.3 Å². The number of hydrogen-bond donors (Lipinski definition) is 1. The van der Waals surface area contributed by atoms with Crippen molar-refractivity contribution < 1.29 is 14.2 Å². The van der Waals surface area contributed by atoms with Crippen LogP contribution in [0.5, 0.6) is 17.2 Å². The zero-order valence-corrected chi connectivity index (χ0v) is 16.8. The highest BCUT2D eigenvalue weighted by atomic mass is 16.5. The van der Waals surface area contributed by atoms with Crippen molar-refractivity contribution in [1.82, 2.24) is 10.2 Å². The monoisotopic (exact) mass is 371 g/mol. The maximum absolute atomic E-state index is 5.51. The Hall–Kier alpha value is -2.89. The van der Waals surface area contributed by atoms with Crippen LogP contribution in [0.1, 0.15) is 11.1 Å². The number of hydrogen-bond acceptors (Lipinski definition) is 4. The van der Waals surface area contributed by atoms with E-state index in [1.54, 1.807) is 21.3 Å². The molecule has 146 valence electrons. The summed E-state index contributed by atoms with van der Waals surface area (Å²) in [5.41, 5.74) is 2.17. The van der Waals surface area contributed by atoms with E-state index in [2.05, 4.69) is 22.4 Å². The van der Waals surface area contributed by atoms with Crippen molar-refractivity contribution in [3.63, 3.8) is 0 Å². The van der Waals surface area contributed by atoms with Gasteiger partial charge in [-0.15, -0.1) is 0 Å². The lowest BCUT2D eigenvalue weighted by Gasteiger charge is -2.19. The molecule has 0 aliphatic carbocycles. The molecule has 0 amide bonds. The van der Waals surface area contributed by atoms with Gasteiger partial charge >= 0.3 is 0 Å². The molecule has 1 N–H and O–H groups in total. The minimum atomic E-state index is 0.635. The molecule has 0 aliphatic heterocycles. The Morgan fingerprint density at radius 2 is 1.59 bits per heavy atom. The van der Waals surface area contributed by atoms with E-state index in [4.69, 9.17) is 14.2 Å². The van der Waals surface area contributed by atoms with Gasteiger partial charge in [0.15, 0.2) is 5.96 Å². The fourth-order valence-electron chi connectivity index (χ4n) is 2.73. The van der Waals surface area contributed by atoms with E-state index in [-0.39, 0.29) is 0 Å². The molecule has 27 heavy (non-hydrogen) atoms. The van der Waals surface area contributed by atoms with Crippen LogP contribution in [-0.4, -0.2) is 52.8 Å². The number of rotatable bonds is 8. The zero-order chi connectivity index (χ0) is 19.6. The molecule has 0 aliphatic rings. The predicted octanol–water partition coefficient (Wildman–Crippen LogP) is 2.96. The van der Waals surface area contributed by atoms with E-state index >= 15 is 0 Å². The number of aliphatic imine (C=N–C) groups is 1. The first-order valence-corrected chi connectivity index (χ1v) is 8.87. The number of methoxy groups -OCH3 is 3. The Morgan fingerprint density at radius 1 is 0.963 bits per heavy atom. The molecule has 2 rings (SSSR count). The SMILES string of the molecule is COc1cc(OC)c(CCNC(=NCc2ccccc2)N(C)C)c(OC)c1. The number of nitrogens with one attached hydrogen (secondary N) is 1. The van der Waals surface area contributed by atoms with E-state index in [1.165, 1.54) is 5.56 Å². The van der Waals surface area contributed by atoms with Gasteiger partial charge in [-0.05, 0) is 12.0 Å². The summed E-state index contributed by atoms with van der Waals surface area (Å²) in [7, 11) is 8.88. The summed E-state index contributed by atoms with van der Waals surface area (Å²) in [5.74, 6) is 3.05. The smallest absolute Gasteiger partial charge is 0.193 e. The van der Waals surface area contributed by atoms with Gasteiger partial charge in [-0.3, -0.25) is 0 Å². The molecule has 2 aromatic carbocycles. The molecular formula is C21H29N3O3. The first kappa shape index (κ1) is 20.4. The van der Waals surface area contributed by atoms with Crippen LogP contribution in [0.2, 0.25) is 0 Å². The van der Waals surface area contributed by atoms with Gasteiger partial charge in [-0.25, -0.2) is 4.99 Å². The molecule has 6 heteroatoms. The summed E-state index contributed by atoms with van der Waals surface area (Å²) in [6, 6.07) is 13.9. The summed E-state index contributed by atoms with van der Waals surface area (Å²) in [6.07, 6.45) is 0.731. The van der Waals surface area contributed by atoms with Crippen LogP contribution in [0, 0.1) is 0 Å². The van der Waals surface area contributed by atoms with Crippen molar-refractivity contribution in [3.8, 4) is 17.2 Å². The van der Waals surface area contributed by atoms with Crippen molar-refractivity contribution in [2.75, 3.05) is 42.0 Å². The largest absolute Gasteiger partial charge is 0.496 e. The molecule has 0 unspecified atom stereocenters. The van der Waals surface area contributed by atoms with Crippen molar-refractivity contribution >= 4 is 5.96 Å². The van der Waals surface area contributed by atoms with E-state index in [1.807, 2.05) is 49.3 Å². The quantitative estimate of drug-likeness (QED) is 0.571. The lowest BCUT2D eigenvalue weighted by atomic mass is 10.1. The predicted molar refractivity (Wildman–Crippen MR) is 109 cm³/mol. The molecule has 0 radical (unpaired) electrons. The van der Waals surface area contributed by atoms with E-state index in [9.17, 15) is 0 Å². The maximum Gasteiger partial charge on any atom is 0.193 e. The Labute approximate surface area is 161 Å². The maximum atomic E-state index is 5.51. The highest BCUT2D eigenvalue weighted by Crippen LogP contribution is 2.34. The summed E-state index contributed by atoms with van der Waals surface area (Å²) in [5, 5.41) is 3.40. The highest BCUT2D eigenvalue weighted by Gasteiger charge is 2.13. The highest BCUT2D eigenvalue weighted by molar-refractivity contribution is 5.79. The molecule has 0 aromatic heterocycles. The summed E-state index contributed by atoms with van der Waals surface area (Å²) >= 11 is 0. The fourth-order valence-corrected chi connectivity index (χ4v) is 2.73. The van der Waals surface area contributed by atoms with Crippen LogP contribution in [0.4, 0.5) is 0 Å². The molecule has 0 atom stereocenters. The molecule has 0 saturated heterocycles. The van der Waals surface area contributed by atoms with Crippen LogP contribution < -0.4 is 19.5 Å². The minimum absolute atomic E-state index is 0.635. The minimum Gasteiger partial charge on any atom is -0.496 e. The van der Waals surface area contributed by atoms with Crippen molar-refractivity contribution in [2.24, 2.45) is 4.99 Å². The van der Waals surface area contributed by atoms with Gasteiger partial charge in [-0.1, -0.05) is 30.3 Å². The van der Waals surface area contributed by atoms with Gasteiger partial charge in [0.1, 0.15) is 17.2 Å². The van der Waals surface area contributed by atoms with Crippen LogP contribution in [0.15, 0.2) is 47.5 Å². The Bertz CT molecular complexity index is 721. The normalized spacial score (nSPS) is 11.1. The summed E-state index contributed by atoms with van der Waals surface area (Å²) in [6.45, 7) is 1.33. The third kappa shape index (κ3) is 5.81.